The standard InChI is InChI=1S/C11H18N5.K/c1-14-11-9(3-4-15-11)10(13)16(2)8-5-7(12)6-8;/h3-4,7-8,13,15H,5-6,12H2,1-2H3;/q-1;+1. The van der Waals surface area contributed by atoms with Gasteiger partial charge in [-0.2, -0.15) is 0 Å². The Balaban J connectivity index is 0.00000144. The molecule has 1 aromatic heterocycles. The van der Waals surface area contributed by atoms with E-state index in [9.17, 15) is 0 Å². The Bertz CT molecular complexity index is 383. The van der Waals surface area contributed by atoms with Gasteiger partial charge in [0.2, 0.25) is 0 Å². The van der Waals surface area contributed by atoms with Crippen LogP contribution in [0.3, 0.4) is 0 Å². The molecule has 0 atom stereocenters. The summed E-state index contributed by atoms with van der Waals surface area (Å²) in [6, 6.07) is 2.60. The van der Waals surface area contributed by atoms with Gasteiger partial charge in [-0.3, -0.25) is 5.41 Å². The first kappa shape index (κ1) is 15.2. The van der Waals surface area contributed by atoms with E-state index in [1.54, 1.807) is 7.05 Å². The second-order valence-electron chi connectivity index (χ2n) is 4.31. The van der Waals surface area contributed by atoms with Crippen LogP contribution in [0.15, 0.2) is 12.3 Å². The van der Waals surface area contributed by atoms with E-state index < -0.39 is 0 Å². The predicted octanol–water partition coefficient (Wildman–Crippen LogP) is -1.60. The van der Waals surface area contributed by atoms with Gasteiger partial charge in [0, 0.05) is 24.7 Å². The van der Waals surface area contributed by atoms with Gasteiger partial charge in [0.25, 0.3) is 0 Å². The number of nitrogens with zero attached hydrogens (tertiary/aromatic N) is 2. The van der Waals surface area contributed by atoms with Gasteiger partial charge in [0.15, 0.2) is 0 Å². The molecular weight excluding hydrogens is 241 g/mol. The molecule has 1 saturated carbocycles. The second-order valence-corrected chi connectivity index (χ2v) is 4.31. The fourth-order valence-electron chi connectivity index (χ4n) is 2.06. The molecule has 1 fully saturated rings. The second kappa shape index (κ2) is 6.35. The Labute approximate surface area is 144 Å². The van der Waals surface area contributed by atoms with E-state index in [0.717, 1.165) is 24.2 Å². The van der Waals surface area contributed by atoms with Crippen LogP contribution in [-0.2, 0) is 0 Å². The van der Waals surface area contributed by atoms with Gasteiger partial charge in [-0.1, -0.05) is 25.1 Å². The van der Waals surface area contributed by atoms with Crippen molar-refractivity contribution in [3.8, 4) is 0 Å². The maximum absolute atomic E-state index is 8.14. The molecule has 0 aromatic carbocycles. The molecule has 17 heavy (non-hydrogen) atoms. The zero-order valence-electron chi connectivity index (χ0n) is 10.7. The topological polar surface area (TPSA) is 83.0 Å². The summed E-state index contributed by atoms with van der Waals surface area (Å²) >= 11 is 0. The summed E-state index contributed by atoms with van der Waals surface area (Å²) in [5.41, 5.74) is 6.61. The van der Waals surface area contributed by atoms with Crippen LogP contribution in [0.2, 0.25) is 0 Å². The molecule has 0 unspecified atom stereocenters. The van der Waals surface area contributed by atoms with Crippen LogP contribution < -0.4 is 57.1 Å². The van der Waals surface area contributed by atoms with Crippen LogP contribution in [0, 0.1) is 5.41 Å². The van der Waals surface area contributed by atoms with Crippen molar-refractivity contribution in [2.24, 2.45) is 5.73 Å². The molecule has 0 saturated heterocycles. The molecule has 0 radical (unpaired) electrons. The van der Waals surface area contributed by atoms with Crippen molar-refractivity contribution in [3.63, 3.8) is 0 Å². The average molecular weight is 259 g/mol. The largest absolute Gasteiger partial charge is 1.00 e. The fourth-order valence-corrected chi connectivity index (χ4v) is 2.06. The van der Waals surface area contributed by atoms with Crippen molar-refractivity contribution in [2.45, 2.75) is 24.9 Å². The van der Waals surface area contributed by atoms with Crippen molar-refractivity contribution < 1.29 is 51.4 Å². The van der Waals surface area contributed by atoms with Crippen molar-refractivity contribution in [1.82, 2.24) is 9.88 Å². The molecule has 1 aromatic rings. The molecule has 5 nitrogen and oxygen atoms in total. The SMILES string of the molecule is C[N-]c1[nH]ccc1C(=N)N(C)C1CC(N)C1.[K+]. The Morgan fingerprint density at radius 3 is 2.76 bits per heavy atom. The van der Waals surface area contributed by atoms with Crippen LogP contribution in [0.5, 0.6) is 0 Å². The van der Waals surface area contributed by atoms with E-state index >= 15 is 0 Å². The third-order valence-electron chi connectivity index (χ3n) is 3.25. The monoisotopic (exact) mass is 259 g/mol. The molecule has 0 spiro atoms. The van der Waals surface area contributed by atoms with Crippen LogP contribution in [-0.4, -0.2) is 41.9 Å². The number of rotatable bonds is 3. The van der Waals surface area contributed by atoms with Crippen LogP contribution >= 0.6 is 0 Å². The summed E-state index contributed by atoms with van der Waals surface area (Å²) in [6.07, 6.45) is 3.76. The zero-order chi connectivity index (χ0) is 11.7. The Hall–Kier alpha value is 0.146. The first-order valence-corrected chi connectivity index (χ1v) is 5.48. The summed E-state index contributed by atoms with van der Waals surface area (Å²) in [5.74, 6) is 1.28. The first-order valence-electron chi connectivity index (χ1n) is 5.48. The van der Waals surface area contributed by atoms with E-state index in [4.69, 9.17) is 11.1 Å². The van der Waals surface area contributed by atoms with Crippen molar-refractivity contribution in [3.05, 3.63) is 23.1 Å². The summed E-state index contributed by atoms with van der Waals surface area (Å²) in [7, 11) is 3.67. The van der Waals surface area contributed by atoms with Gasteiger partial charge in [-0.15, -0.1) is 0 Å². The van der Waals surface area contributed by atoms with Gasteiger partial charge in [0.1, 0.15) is 5.84 Å². The molecule has 0 aliphatic heterocycles. The number of hydrogen-bond acceptors (Lipinski definition) is 2. The summed E-state index contributed by atoms with van der Waals surface area (Å²) in [6.45, 7) is 0. The molecule has 0 bridgehead atoms. The number of H-pyrrole nitrogens is 1. The van der Waals surface area contributed by atoms with Gasteiger partial charge < -0.3 is 20.9 Å². The summed E-state index contributed by atoms with van der Waals surface area (Å²) < 4.78 is 0. The van der Waals surface area contributed by atoms with Gasteiger partial charge in [0.05, 0.1) is 0 Å². The quantitative estimate of drug-likeness (QED) is 0.347. The van der Waals surface area contributed by atoms with E-state index in [1.807, 2.05) is 24.2 Å². The maximum Gasteiger partial charge on any atom is 1.00 e. The number of nitrogens with one attached hydrogen (secondary N) is 2. The minimum absolute atomic E-state index is 0. The van der Waals surface area contributed by atoms with E-state index in [2.05, 4.69) is 10.3 Å². The van der Waals surface area contributed by atoms with Crippen LogP contribution in [0.25, 0.3) is 5.32 Å². The molecule has 1 aliphatic carbocycles. The third kappa shape index (κ3) is 3.13. The molecule has 4 N–H and O–H groups in total. The van der Waals surface area contributed by atoms with Gasteiger partial charge in [-0.05, 0) is 12.8 Å². The van der Waals surface area contributed by atoms with Gasteiger partial charge >= 0.3 is 51.4 Å². The normalized spacial score (nSPS) is 22.3. The molecule has 1 heterocycles. The van der Waals surface area contributed by atoms with Crippen molar-refractivity contribution in [1.29, 1.82) is 5.41 Å². The first-order chi connectivity index (χ1) is 7.63. The minimum Gasteiger partial charge on any atom is -0.468 e. The third-order valence-corrected chi connectivity index (χ3v) is 3.25. The molecule has 2 rings (SSSR count). The van der Waals surface area contributed by atoms with E-state index in [0.29, 0.717) is 17.9 Å². The Morgan fingerprint density at radius 1 is 1.59 bits per heavy atom. The van der Waals surface area contributed by atoms with E-state index in [1.165, 1.54) is 0 Å². The zero-order valence-corrected chi connectivity index (χ0v) is 13.8. The number of aromatic nitrogens is 1. The Kier molecular flexibility index (Phi) is 5.68. The molecular formula is C11H18KN5. The van der Waals surface area contributed by atoms with Crippen LogP contribution in [0.4, 0.5) is 5.82 Å². The maximum atomic E-state index is 8.14. The molecule has 6 heteroatoms. The average Bonchev–Trinajstić information content (AvgIpc) is 2.70. The van der Waals surface area contributed by atoms with Crippen LogP contribution in [0.1, 0.15) is 18.4 Å². The number of hydrogen-bond donors (Lipinski definition) is 3. The van der Waals surface area contributed by atoms with Gasteiger partial charge in [-0.25, -0.2) is 0 Å². The smallest absolute Gasteiger partial charge is 0.468 e. The fraction of sp³-hybridized carbons (Fsp3) is 0.545. The number of amidine groups is 1. The minimum atomic E-state index is 0. The predicted molar refractivity (Wildman–Crippen MR) is 65.3 cm³/mol. The van der Waals surface area contributed by atoms with Crippen molar-refractivity contribution >= 4 is 11.7 Å². The molecule has 1 aliphatic rings. The molecule has 0 amide bonds. The van der Waals surface area contributed by atoms with E-state index in [-0.39, 0.29) is 51.4 Å². The molecule has 88 valence electrons. The Morgan fingerprint density at radius 2 is 2.24 bits per heavy atom. The summed E-state index contributed by atoms with van der Waals surface area (Å²) in [4.78, 5) is 5.00. The number of nitrogens with two attached hydrogens (primary N) is 1. The number of aromatic amines is 1. The summed E-state index contributed by atoms with van der Waals surface area (Å²) in [5, 5.41) is 12.2. The van der Waals surface area contributed by atoms with Crippen molar-refractivity contribution in [2.75, 3.05) is 14.1 Å².